The van der Waals surface area contributed by atoms with Crippen LogP contribution in [-0.4, -0.2) is 58.0 Å². The lowest BCUT2D eigenvalue weighted by Gasteiger charge is -2.35. The van der Waals surface area contributed by atoms with E-state index in [0.717, 1.165) is 0 Å². The molecule has 1 amide bonds. The molecular weight excluding hydrogens is 322 g/mol. The number of nitriles is 1. The van der Waals surface area contributed by atoms with Crippen LogP contribution in [0.15, 0.2) is 36.7 Å². The summed E-state index contributed by atoms with van der Waals surface area (Å²) in [6, 6.07) is 8.35. The van der Waals surface area contributed by atoms with Crippen LogP contribution in [0.1, 0.15) is 26.4 Å². The Morgan fingerprint density at radius 2 is 1.88 bits per heavy atom. The van der Waals surface area contributed by atoms with Gasteiger partial charge in [-0.25, -0.2) is 9.78 Å². The second-order valence-electron chi connectivity index (χ2n) is 5.50. The molecule has 0 bridgehead atoms. The Morgan fingerprint density at radius 1 is 1.12 bits per heavy atom. The number of piperazine rings is 1. The Kier molecular flexibility index (Phi) is 4.57. The van der Waals surface area contributed by atoms with Crippen LogP contribution in [-0.2, 0) is 0 Å². The largest absolute Gasteiger partial charge is 0.478 e. The number of hydrogen-bond donors (Lipinski definition) is 1. The monoisotopic (exact) mass is 337 g/mol. The van der Waals surface area contributed by atoms with Gasteiger partial charge in [-0.1, -0.05) is 0 Å². The van der Waals surface area contributed by atoms with Crippen molar-refractivity contribution in [3.63, 3.8) is 0 Å². The molecule has 2 aromatic heterocycles. The first kappa shape index (κ1) is 16.4. The minimum Gasteiger partial charge on any atom is -0.478 e. The SMILES string of the molecule is N#Cc1cccnc1N1CCN(C(=O)c2ccc(C(=O)O)cn2)CC1. The van der Waals surface area contributed by atoms with Crippen LogP contribution >= 0.6 is 0 Å². The van der Waals surface area contributed by atoms with Gasteiger partial charge in [-0.15, -0.1) is 0 Å². The molecule has 8 heteroatoms. The van der Waals surface area contributed by atoms with Crippen molar-refractivity contribution >= 4 is 17.7 Å². The molecule has 1 fully saturated rings. The van der Waals surface area contributed by atoms with E-state index in [1.165, 1.54) is 18.3 Å². The standard InChI is InChI=1S/C17H15N5O3/c18-10-12-2-1-5-19-15(12)21-6-8-22(9-7-21)16(23)14-4-3-13(11-20-14)17(24)25/h1-5,11H,6-9H2,(H,24,25). The number of aromatic nitrogens is 2. The smallest absolute Gasteiger partial charge is 0.337 e. The van der Waals surface area contributed by atoms with Gasteiger partial charge in [0, 0.05) is 38.6 Å². The molecule has 0 aromatic carbocycles. The highest BCUT2D eigenvalue weighted by Gasteiger charge is 2.24. The third-order valence-corrected chi connectivity index (χ3v) is 4.00. The van der Waals surface area contributed by atoms with Crippen LogP contribution < -0.4 is 4.90 Å². The molecular formula is C17H15N5O3. The van der Waals surface area contributed by atoms with Crippen molar-refractivity contribution in [2.75, 3.05) is 31.1 Å². The summed E-state index contributed by atoms with van der Waals surface area (Å²) in [7, 11) is 0. The molecule has 1 aliphatic rings. The molecule has 0 radical (unpaired) electrons. The molecule has 25 heavy (non-hydrogen) atoms. The maximum Gasteiger partial charge on any atom is 0.337 e. The lowest BCUT2D eigenvalue weighted by molar-refractivity contribution is 0.0691. The number of carbonyl (C=O) groups excluding carboxylic acids is 1. The molecule has 3 heterocycles. The third kappa shape index (κ3) is 3.40. The van der Waals surface area contributed by atoms with Crippen molar-refractivity contribution < 1.29 is 14.7 Å². The second-order valence-corrected chi connectivity index (χ2v) is 5.50. The minimum absolute atomic E-state index is 0.0422. The molecule has 0 atom stereocenters. The number of carboxylic acid groups (broad SMARTS) is 1. The molecule has 0 aliphatic carbocycles. The van der Waals surface area contributed by atoms with Crippen molar-refractivity contribution in [3.05, 3.63) is 53.5 Å². The Morgan fingerprint density at radius 3 is 2.48 bits per heavy atom. The number of anilines is 1. The van der Waals surface area contributed by atoms with Crippen molar-refractivity contribution in [3.8, 4) is 6.07 Å². The van der Waals surface area contributed by atoms with Gasteiger partial charge in [0.2, 0.25) is 0 Å². The summed E-state index contributed by atoms with van der Waals surface area (Å²) in [5, 5.41) is 18.0. The fourth-order valence-electron chi connectivity index (χ4n) is 2.67. The Bertz CT molecular complexity index is 836. The normalized spacial score (nSPS) is 14.0. The van der Waals surface area contributed by atoms with Crippen LogP contribution in [0.25, 0.3) is 0 Å². The van der Waals surface area contributed by atoms with E-state index in [9.17, 15) is 9.59 Å². The Hall–Kier alpha value is -3.47. The molecule has 3 rings (SSSR count). The van der Waals surface area contributed by atoms with Crippen molar-refractivity contribution in [2.24, 2.45) is 0 Å². The molecule has 0 saturated carbocycles. The zero-order chi connectivity index (χ0) is 17.8. The van der Waals surface area contributed by atoms with Gasteiger partial charge in [0.25, 0.3) is 5.91 Å². The fourth-order valence-corrected chi connectivity index (χ4v) is 2.67. The Balaban J connectivity index is 1.66. The van der Waals surface area contributed by atoms with E-state index in [1.54, 1.807) is 23.2 Å². The van der Waals surface area contributed by atoms with E-state index in [1.807, 2.05) is 4.90 Å². The van der Waals surface area contributed by atoms with Gasteiger partial charge in [0.15, 0.2) is 0 Å². The molecule has 0 unspecified atom stereocenters. The molecule has 8 nitrogen and oxygen atoms in total. The molecule has 1 N–H and O–H groups in total. The predicted octanol–water partition coefficient (Wildman–Crippen LogP) is 1.01. The van der Waals surface area contributed by atoms with Gasteiger partial charge >= 0.3 is 5.97 Å². The van der Waals surface area contributed by atoms with Crippen molar-refractivity contribution in [1.82, 2.24) is 14.9 Å². The summed E-state index contributed by atoms with van der Waals surface area (Å²) >= 11 is 0. The van der Waals surface area contributed by atoms with Crippen molar-refractivity contribution in [1.29, 1.82) is 5.26 Å². The number of carbonyl (C=O) groups is 2. The third-order valence-electron chi connectivity index (χ3n) is 4.00. The highest BCUT2D eigenvalue weighted by Crippen LogP contribution is 2.18. The quantitative estimate of drug-likeness (QED) is 0.889. The summed E-state index contributed by atoms with van der Waals surface area (Å²) in [5.41, 5.74) is 0.766. The zero-order valence-corrected chi connectivity index (χ0v) is 13.3. The van der Waals surface area contributed by atoms with E-state index >= 15 is 0 Å². The van der Waals surface area contributed by atoms with E-state index in [-0.39, 0.29) is 17.2 Å². The van der Waals surface area contributed by atoms with Crippen LogP contribution in [0.4, 0.5) is 5.82 Å². The summed E-state index contributed by atoms with van der Waals surface area (Å²) in [6.07, 6.45) is 2.82. The first-order valence-corrected chi connectivity index (χ1v) is 7.69. The summed E-state index contributed by atoms with van der Waals surface area (Å²) in [6.45, 7) is 2.07. The Labute approximate surface area is 144 Å². The van der Waals surface area contributed by atoms with Gasteiger partial charge in [0.05, 0.1) is 11.1 Å². The summed E-state index contributed by atoms with van der Waals surface area (Å²) < 4.78 is 0. The zero-order valence-electron chi connectivity index (χ0n) is 13.3. The fraction of sp³-hybridized carbons (Fsp3) is 0.235. The number of aromatic carboxylic acids is 1. The predicted molar refractivity (Wildman–Crippen MR) is 88.3 cm³/mol. The molecule has 1 aliphatic heterocycles. The second kappa shape index (κ2) is 6.97. The lowest BCUT2D eigenvalue weighted by atomic mass is 10.2. The molecule has 2 aromatic rings. The average Bonchev–Trinajstić information content (AvgIpc) is 2.67. The van der Waals surface area contributed by atoms with Crippen LogP contribution in [0, 0.1) is 11.3 Å². The average molecular weight is 337 g/mol. The highest BCUT2D eigenvalue weighted by molar-refractivity contribution is 5.94. The number of pyridine rings is 2. The van der Waals surface area contributed by atoms with Gasteiger partial charge in [-0.2, -0.15) is 5.26 Å². The van der Waals surface area contributed by atoms with E-state index in [4.69, 9.17) is 10.4 Å². The first-order chi connectivity index (χ1) is 12.1. The van der Waals surface area contributed by atoms with Gasteiger partial charge in [0.1, 0.15) is 17.6 Å². The maximum absolute atomic E-state index is 12.5. The van der Waals surface area contributed by atoms with E-state index in [0.29, 0.717) is 37.6 Å². The maximum atomic E-state index is 12.5. The molecule has 0 spiro atoms. The number of carboxylic acids is 1. The first-order valence-electron chi connectivity index (χ1n) is 7.69. The van der Waals surface area contributed by atoms with Gasteiger partial charge < -0.3 is 14.9 Å². The summed E-state index contributed by atoms with van der Waals surface area (Å²) in [5.74, 6) is -0.692. The van der Waals surface area contributed by atoms with Gasteiger partial charge in [-0.05, 0) is 24.3 Å². The van der Waals surface area contributed by atoms with E-state index < -0.39 is 5.97 Å². The highest BCUT2D eigenvalue weighted by atomic mass is 16.4. The van der Waals surface area contributed by atoms with Crippen LogP contribution in [0.3, 0.4) is 0 Å². The topological polar surface area (TPSA) is 110 Å². The molecule has 126 valence electrons. The molecule has 1 saturated heterocycles. The number of rotatable bonds is 3. The number of hydrogen-bond acceptors (Lipinski definition) is 6. The van der Waals surface area contributed by atoms with Crippen LogP contribution in [0.2, 0.25) is 0 Å². The van der Waals surface area contributed by atoms with Crippen molar-refractivity contribution in [2.45, 2.75) is 0 Å². The lowest BCUT2D eigenvalue weighted by Crippen LogP contribution is -2.49. The summed E-state index contributed by atoms with van der Waals surface area (Å²) in [4.78, 5) is 35.1. The van der Waals surface area contributed by atoms with E-state index in [2.05, 4.69) is 16.0 Å². The minimum atomic E-state index is -1.08. The van der Waals surface area contributed by atoms with Crippen LogP contribution in [0.5, 0.6) is 0 Å². The number of amides is 1. The van der Waals surface area contributed by atoms with Gasteiger partial charge in [-0.3, -0.25) is 9.78 Å². The number of nitrogens with zero attached hydrogens (tertiary/aromatic N) is 5.